The predicted octanol–water partition coefficient (Wildman–Crippen LogP) is -1.28. The van der Waals surface area contributed by atoms with Crippen LogP contribution in [0.3, 0.4) is 0 Å². The summed E-state index contributed by atoms with van der Waals surface area (Å²) in [4.78, 5) is 20.9. The van der Waals surface area contributed by atoms with Crippen LogP contribution in [0.1, 0.15) is 5.56 Å². The van der Waals surface area contributed by atoms with Crippen molar-refractivity contribution >= 4 is 48.8 Å². The summed E-state index contributed by atoms with van der Waals surface area (Å²) in [5.74, 6) is -0.981. The average Bonchev–Trinajstić information content (AvgIpc) is 3.44. The minimum atomic E-state index is -4.70. The zero-order chi connectivity index (χ0) is 25.5. The summed E-state index contributed by atoms with van der Waals surface area (Å²) in [6.07, 6.45) is 0. The number of hydrogen-bond acceptors (Lipinski definition) is 11. The van der Waals surface area contributed by atoms with Gasteiger partial charge in [0.15, 0.2) is 18.5 Å². The molecule has 0 spiro atoms. The number of para-hydroxylation sites is 1. The van der Waals surface area contributed by atoms with Gasteiger partial charge in [0, 0.05) is 12.1 Å². The maximum atomic E-state index is 13.1. The van der Waals surface area contributed by atoms with Crippen molar-refractivity contribution in [3.05, 3.63) is 35.9 Å². The molecule has 184 valence electrons. The van der Waals surface area contributed by atoms with E-state index >= 15 is 0 Å². The number of aromatic amines is 1. The molecule has 2 aromatic carbocycles. The molecule has 4 rings (SSSR count). The molecule has 0 unspecified atom stereocenters. The number of imidazole rings is 1. The molecule has 1 aromatic heterocycles. The molecule has 1 amide bonds. The molecule has 10 N–H and O–H groups in total. The number of nitrogen functional groups attached to an aromatic ring is 1. The van der Waals surface area contributed by atoms with E-state index in [2.05, 4.69) is 29.9 Å². The Bertz CT molecular complexity index is 1630. The number of carbonyl (C=O) groups excluding carboxylic acids is 1. The number of rotatable bonds is 8. The Labute approximate surface area is 198 Å². The number of azo groups is 1. The molecule has 0 saturated carbocycles. The number of nitrogens with two attached hydrogens (primary N) is 4. The number of aliphatic imine (C=N–C) groups is 1. The van der Waals surface area contributed by atoms with Gasteiger partial charge in [-0.15, -0.1) is 5.11 Å². The number of carbonyl (C=O) groups is 1. The summed E-state index contributed by atoms with van der Waals surface area (Å²) < 4.78 is 53.8. The number of nitrogens with one attached hydrogen (secondary N) is 2. The highest BCUT2D eigenvalue weighted by molar-refractivity contribution is 7.92. The normalized spacial score (nSPS) is 14.9. The van der Waals surface area contributed by atoms with Gasteiger partial charge in [0.05, 0.1) is 22.6 Å². The lowest BCUT2D eigenvalue weighted by atomic mass is 9.97. The third-order valence-electron chi connectivity index (χ3n) is 5.05. The lowest BCUT2D eigenvalue weighted by Crippen LogP contribution is -2.46. The maximum Gasteiger partial charge on any atom is 0.242 e. The molecule has 0 fully saturated rings. The van der Waals surface area contributed by atoms with Crippen molar-refractivity contribution in [3.63, 3.8) is 0 Å². The smallest absolute Gasteiger partial charge is 0.242 e. The number of fused-ring (bicyclic) bond motifs is 1. The molecule has 15 nitrogen and oxygen atoms in total. The van der Waals surface area contributed by atoms with Crippen molar-refractivity contribution in [2.24, 2.45) is 31.8 Å². The molecule has 3 aromatic rings. The summed E-state index contributed by atoms with van der Waals surface area (Å²) in [5, 5.41) is 13.1. The number of benzene rings is 2. The van der Waals surface area contributed by atoms with Crippen LogP contribution < -0.4 is 27.1 Å². The highest BCUT2D eigenvalue weighted by atomic mass is 32.2. The SMILES string of the molecule is NC(=O)[C@@H](N)CNS(=O)(=O)c1ccc(-c2cccc3[nH]c(N)nc23)c(C2=NCN=N2)c1S(N)(=O)=O. The van der Waals surface area contributed by atoms with Gasteiger partial charge in [0.25, 0.3) is 0 Å². The summed E-state index contributed by atoms with van der Waals surface area (Å²) in [6.45, 7) is -0.674. The number of sulfonamides is 2. The molecule has 1 aliphatic rings. The average molecular weight is 521 g/mol. The van der Waals surface area contributed by atoms with Gasteiger partial charge in [-0.2, -0.15) is 5.11 Å². The Balaban J connectivity index is 2.02. The highest BCUT2D eigenvalue weighted by Crippen LogP contribution is 2.37. The van der Waals surface area contributed by atoms with E-state index in [1.807, 2.05) is 0 Å². The molecular formula is C18H20N10O5S2. The number of aromatic nitrogens is 2. The van der Waals surface area contributed by atoms with Gasteiger partial charge in [-0.1, -0.05) is 18.2 Å². The van der Waals surface area contributed by atoms with Crippen LogP contribution in [0.15, 0.2) is 55.3 Å². The zero-order valence-corrected chi connectivity index (χ0v) is 19.5. The Morgan fingerprint density at radius 2 is 1.89 bits per heavy atom. The molecule has 0 bridgehead atoms. The van der Waals surface area contributed by atoms with Crippen LogP contribution in [0.2, 0.25) is 0 Å². The number of primary sulfonamides is 1. The zero-order valence-electron chi connectivity index (χ0n) is 17.8. The molecule has 2 heterocycles. The largest absolute Gasteiger partial charge is 0.369 e. The van der Waals surface area contributed by atoms with Crippen molar-refractivity contribution in [1.29, 1.82) is 0 Å². The van der Waals surface area contributed by atoms with Crippen molar-refractivity contribution in [1.82, 2.24) is 14.7 Å². The van der Waals surface area contributed by atoms with Crippen LogP contribution in [-0.4, -0.2) is 57.8 Å². The fraction of sp³-hybridized carbons (Fsp3) is 0.167. The molecule has 0 aliphatic carbocycles. The van der Waals surface area contributed by atoms with Crippen LogP contribution >= 0.6 is 0 Å². The van der Waals surface area contributed by atoms with Gasteiger partial charge < -0.3 is 22.2 Å². The molecule has 35 heavy (non-hydrogen) atoms. The van der Waals surface area contributed by atoms with E-state index in [0.717, 1.165) is 6.07 Å². The first-order valence-electron chi connectivity index (χ1n) is 9.81. The number of hydrogen-bond donors (Lipinski definition) is 6. The maximum absolute atomic E-state index is 13.1. The topological polar surface area (TPSA) is 267 Å². The van der Waals surface area contributed by atoms with Crippen molar-refractivity contribution in [3.8, 4) is 11.1 Å². The number of anilines is 1. The van der Waals surface area contributed by atoms with E-state index < -0.39 is 48.3 Å². The van der Waals surface area contributed by atoms with E-state index in [1.54, 1.807) is 18.2 Å². The van der Waals surface area contributed by atoms with Crippen molar-refractivity contribution in [2.75, 3.05) is 18.9 Å². The fourth-order valence-electron chi connectivity index (χ4n) is 3.51. The first kappa shape index (κ1) is 24.4. The van der Waals surface area contributed by atoms with E-state index in [4.69, 9.17) is 22.3 Å². The summed E-state index contributed by atoms with van der Waals surface area (Å²) in [5.41, 5.74) is 17.7. The van der Waals surface area contributed by atoms with Crippen LogP contribution in [-0.2, 0) is 24.8 Å². The number of nitrogens with zero attached hydrogens (tertiary/aromatic N) is 4. The Morgan fingerprint density at radius 3 is 2.51 bits per heavy atom. The van der Waals surface area contributed by atoms with E-state index in [9.17, 15) is 21.6 Å². The van der Waals surface area contributed by atoms with Gasteiger partial charge in [-0.05, 0) is 17.7 Å². The first-order chi connectivity index (χ1) is 16.4. The quantitative estimate of drug-likeness (QED) is 0.208. The van der Waals surface area contributed by atoms with Gasteiger partial charge in [-0.3, -0.25) is 4.79 Å². The number of amides is 1. The summed E-state index contributed by atoms with van der Waals surface area (Å²) >= 11 is 0. The molecule has 17 heteroatoms. The lowest BCUT2D eigenvalue weighted by molar-refractivity contribution is -0.119. The molecule has 0 radical (unpaired) electrons. The Hall–Kier alpha value is -3.77. The molecule has 0 saturated heterocycles. The molecular weight excluding hydrogens is 500 g/mol. The van der Waals surface area contributed by atoms with E-state index in [-0.39, 0.29) is 29.6 Å². The Kier molecular flexibility index (Phi) is 6.11. The Morgan fingerprint density at radius 1 is 1.14 bits per heavy atom. The van der Waals surface area contributed by atoms with E-state index in [1.165, 1.54) is 6.07 Å². The van der Waals surface area contributed by atoms with Gasteiger partial charge in [0.1, 0.15) is 9.79 Å². The second kappa shape index (κ2) is 8.78. The highest BCUT2D eigenvalue weighted by Gasteiger charge is 2.33. The lowest BCUT2D eigenvalue weighted by Gasteiger charge is -2.18. The predicted molar refractivity (Wildman–Crippen MR) is 126 cm³/mol. The minimum Gasteiger partial charge on any atom is -0.369 e. The third kappa shape index (κ3) is 4.62. The number of H-pyrrole nitrogens is 1. The van der Waals surface area contributed by atoms with Crippen molar-refractivity contribution in [2.45, 2.75) is 15.8 Å². The summed E-state index contributed by atoms with van der Waals surface area (Å²) in [6, 6.07) is 6.09. The minimum absolute atomic E-state index is 0.0962. The standard InChI is InChI=1S/C18H20N10O5S2/c19-10(16(20)29)6-25-35(32,33)12-5-4-8(9-2-1-3-11-14(9)27-18(21)26-11)13(15(12)34(22,30)31)17-23-7-24-28-17/h1-5,10,25H,6-7,19H2,(H2,20,29)(H3,21,26,27)(H2,22,30,31)/t10-/m0/s1. The van der Waals surface area contributed by atoms with Crippen molar-refractivity contribution < 1.29 is 21.6 Å². The van der Waals surface area contributed by atoms with Crippen LogP contribution in [0, 0.1) is 0 Å². The monoisotopic (exact) mass is 520 g/mol. The fourth-order valence-corrected chi connectivity index (χ4v) is 6.17. The molecule has 1 atom stereocenters. The first-order valence-corrected chi connectivity index (χ1v) is 12.8. The van der Waals surface area contributed by atoms with E-state index in [0.29, 0.717) is 16.6 Å². The molecule has 1 aliphatic heterocycles. The van der Waals surface area contributed by atoms with Crippen LogP contribution in [0.25, 0.3) is 22.2 Å². The number of primary amides is 1. The van der Waals surface area contributed by atoms with Gasteiger partial charge in [-0.25, -0.2) is 36.7 Å². The summed E-state index contributed by atoms with van der Waals surface area (Å²) in [7, 11) is -9.25. The second-order valence-corrected chi connectivity index (χ2v) is 10.6. The van der Waals surface area contributed by atoms with Gasteiger partial charge in [0.2, 0.25) is 26.0 Å². The third-order valence-corrected chi connectivity index (χ3v) is 7.64. The van der Waals surface area contributed by atoms with Gasteiger partial charge >= 0.3 is 0 Å². The van der Waals surface area contributed by atoms with Crippen LogP contribution in [0.4, 0.5) is 5.95 Å². The second-order valence-electron chi connectivity index (χ2n) is 7.41. The number of amidine groups is 1. The van der Waals surface area contributed by atoms with Crippen LogP contribution in [0.5, 0.6) is 0 Å².